The van der Waals surface area contributed by atoms with Gasteiger partial charge in [-0.25, -0.2) is 4.79 Å². The Kier molecular flexibility index (Phi) is 3.10. The number of hydrogen-bond donors (Lipinski definition) is 1. The second kappa shape index (κ2) is 4.54. The molecule has 1 heterocycles. The van der Waals surface area contributed by atoms with Crippen LogP contribution in [0.15, 0.2) is 27.2 Å². The Morgan fingerprint density at radius 3 is 2.88 bits per heavy atom. The van der Waals surface area contributed by atoms with Gasteiger partial charge in [0.1, 0.15) is 5.75 Å². The van der Waals surface area contributed by atoms with E-state index in [9.17, 15) is 4.79 Å². The molecule has 0 aliphatic rings. The highest BCUT2D eigenvalue weighted by Gasteiger charge is 2.16. The van der Waals surface area contributed by atoms with Crippen LogP contribution in [-0.2, 0) is 0 Å². The lowest BCUT2D eigenvalue weighted by atomic mass is 10.2. The molecule has 0 fully saturated rings. The molecule has 0 atom stereocenters. The van der Waals surface area contributed by atoms with E-state index in [4.69, 9.17) is 14.4 Å². The molecule has 88 valence electrons. The van der Waals surface area contributed by atoms with Gasteiger partial charge in [0.25, 0.3) is 11.7 Å². The minimum atomic E-state index is -1.24. The van der Waals surface area contributed by atoms with Crippen LogP contribution in [0.2, 0.25) is 0 Å². The molecular formula is C10H7BrN2O4. The number of carboxylic acids is 1. The zero-order chi connectivity index (χ0) is 12.4. The third-order valence-electron chi connectivity index (χ3n) is 2.02. The number of hydrogen-bond acceptors (Lipinski definition) is 5. The highest BCUT2D eigenvalue weighted by Crippen LogP contribution is 2.30. The van der Waals surface area contributed by atoms with Crippen molar-refractivity contribution in [2.75, 3.05) is 7.11 Å². The summed E-state index contributed by atoms with van der Waals surface area (Å²) in [6.07, 6.45) is 0. The van der Waals surface area contributed by atoms with Crippen LogP contribution in [0.4, 0.5) is 0 Å². The van der Waals surface area contributed by atoms with Crippen molar-refractivity contribution < 1.29 is 19.2 Å². The van der Waals surface area contributed by atoms with Gasteiger partial charge in [0.15, 0.2) is 0 Å². The lowest BCUT2D eigenvalue weighted by Gasteiger charge is -2.02. The molecule has 0 aliphatic heterocycles. The molecule has 1 aromatic carbocycles. The Bertz CT molecular complexity index is 567. The van der Waals surface area contributed by atoms with E-state index in [2.05, 4.69) is 26.1 Å². The van der Waals surface area contributed by atoms with Gasteiger partial charge in [-0.2, -0.15) is 4.98 Å². The highest BCUT2D eigenvalue weighted by molar-refractivity contribution is 9.10. The van der Waals surface area contributed by atoms with Crippen molar-refractivity contribution in [3.8, 4) is 17.2 Å². The van der Waals surface area contributed by atoms with Crippen LogP contribution in [0.5, 0.6) is 5.75 Å². The van der Waals surface area contributed by atoms with Crippen molar-refractivity contribution in [2.24, 2.45) is 0 Å². The Morgan fingerprint density at radius 2 is 2.29 bits per heavy atom. The van der Waals surface area contributed by atoms with E-state index in [1.54, 1.807) is 18.2 Å². The number of carbonyl (C=O) groups is 1. The number of halogens is 1. The first-order chi connectivity index (χ1) is 8.11. The standard InChI is InChI=1S/C10H7BrN2O4/c1-16-5-2-3-7(11)6(4-5)9-12-8(10(14)15)13-17-9/h2-4H,1H3,(H,14,15). The first kappa shape index (κ1) is 11.6. The van der Waals surface area contributed by atoms with E-state index >= 15 is 0 Å². The smallest absolute Gasteiger partial charge is 0.377 e. The van der Waals surface area contributed by atoms with Crippen LogP contribution in [-0.4, -0.2) is 28.3 Å². The van der Waals surface area contributed by atoms with E-state index in [-0.39, 0.29) is 11.7 Å². The molecule has 2 rings (SSSR count). The molecule has 1 aromatic heterocycles. The lowest BCUT2D eigenvalue weighted by Crippen LogP contribution is -1.98. The molecule has 0 aliphatic carbocycles. The van der Waals surface area contributed by atoms with Gasteiger partial charge in [0.2, 0.25) is 0 Å². The van der Waals surface area contributed by atoms with Gasteiger partial charge in [-0.15, -0.1) is 0 Å². The Labute approximate surface area is 104 Å². The summed E-state index contributed by atoms with van der Waals surface area (Å²) >= 11 is 3.31. The van der Waals surface area contributed by atoms with Crippen LogP contribution >= 0.6 is 15.9 Å². The molecule has 1 N–H and O–H groups in total. The maximum atomic E-state index is 10.6. The third-order valence-corrected chi connectivity index (χ3v) is 2.71. The second-order valence-corrected chi connectivity index (χ2v) is 3.93. The normalized spacial score (nSPS) is 10.2. The van der Waals surface area contributed by atoms with Crippen LogP contribution < -0.4 is 4.74 Å². The van der Waals surface area contributed by atoms with Crippen molar-refractivity contribution in [3.05, 3.63) is 28.5 Å². The summed E-state index contributed by atoms with van der Waals surface area (Å²) in [5.74, 6) is -0.889. The molecule has 6 nitrogen and oxygen atoms in total. The zero-order valence-corrected chi connectivity index (χ0v) is 10.3. The number of benzene rings is 1. The quantitative estimate of drug-likeness (QED) is 0.935. The predicted octanol–water partition coefficient (Wildman–Crippen LogP) is 2.21. The molecule has 0 bridgehead atoms. The fourth-order valence-corrected chi connectivity index (χ4v) is 1.63. The molecule has 0 saturated heterocycles. The second-order valence-electron chi connectivity index (χ2n) is 3.07. The fraction of sp³-hybridized carbons (Fsp3) is 0.100. The molecule has 0 amide bonds. The summed E-state index contributed by atoms with van der Waals surface area (Å²) in [5, 5.41) is 12.0. The van der Waals surface area contributed by atoms with E-state index in [0.717, 1.165) is 0 Å². The summed E-state index contributed by atoms with van der Waals surface area (Å²) in [4.78, 5) is 14.4. The molecule has 0 saturated carbocycles. The Morgan fingerprint density at radius 1 is 1.53 bits per heavy atom. The summed E-state index contributed by atoms with van der Waals surface area (Å²) in [6.45, 7) is 0. The summed E-state index contributed by atoms with van der Waals surface area (Å²) in [5.41, 5.74) is 0.573. The number of rotatable bonds is 3. The summed E-state index contributed by atoms with van der Waals surface area (Å²) in [6, 6.07) is 5.17. The highest BCUT2D eigenvalue weighted by atomic mass is 79.9. The van der Waals surface area contributed by atoms with Gasteiger partial charge in [-0.1, -0.05) is 0 Å². The van der Waals surface area contributed by atoms with Gasteiger partial charge in [-0.05, 0) is 39.3 Å². The third kappa shape index (κ3) is 2.28. The average Bonchev–Trinajstić information content (AvgIpc) is 2.79. The van der Waals surface area contributed by atoms with Crippen molar-refractivity contribution in [2.45, 2.75) is 0 Å². The average molecular weight is 299 g/mol. The van der Waals surface area contributed by atoms with E-state index < -0.39 is 5.97 Å². The topological polar surface area (TPSA) is 85.5 Å². The van der Waals surface area contributed by atoms with Crippen molar-refractivity contribution in [3.63, 3.8) is 0 Å². The van der Waals surface area contributed by atoms with Crippen molar-refractivity contribution >= 4 is 21.9 Å². The van der Waals surface area contributed by atoms with Gasteiger partial charge >= 0.3 is 5.97 Å². The van der Waals surface area contributed by atoms with Gasteiger partial charge in [0, 0.05) is 4.47 Å². The van der Waals surface area contributed by atoms with Crippen molar-refractivity contribution in [1.29, 1.82) is 0 Å². The molecule has 0 spiro atoms. The SMILES string of the molecule is COc1ccc(Br)c(-c2nc(C(=O)O)no2)c1. The molecule has 0 radical (unpaired) electrons. The van der Waals surface area contributed by atoms with E-state index in [1.165, 1.54) is 7.11 Å². The summed E-state index contributed by atoms with van der Waals surface area (Å²) in [7, 11) is 1.53. The number of ether oxygens (including phenoxy) is 1. The van der Waals surface area contributed by atoms with Crippen LogP contribution in [0.1, 0.15) is 10.6 Å². The molecule has 17 heavy (non-hydrogen) atoms. The lowest BCUT2D eigenvalue weighted by molar-refractivity contribution is 0.0680. The van der Waals surface area contributed by atoms with Crippen LogP contribution in [0.25, 0.3) is 11.5 Å². The number of nitrogens with zero attached hydrogens (tertiary/aromatic N) is 2. The number of carboxylic acid groups (broad SMARTS) is 1. The molecule has 7 heteroatoms. The zero-order valence-electron chi connectivity index (χ0n) is 8.68. The molecule has 2 aromatic rings. The van der Waals surface area contributed by atoms with Crippen LogP contribution in [0, 0.1) is 0 Å². The molecular weight excluding hydrogens is 292 g/mol. The number of aromatic carboxylic acids is 1. The first-order valence-electron chi connectivity index (χ1n) is 4.52. The largest absolute Gasteiger partial charge is 0.497 e. The maximum Gasteiger partial charge on any atom is 0.377 e. The number of methoxy groups -OCH3 is 1. The van der Waals surface area contributed by atoms with Crippen molar-refractivity contribution in [1.82, 2.24) is 10.1 Å². The Balaban J connectivity index is 2.47. The summed E-state index contributed by atoms with van der Waals surface area (Å²) < 4.78 is 10.6. The van der Waals surface area contributed by atoms with Gasteiger partial charge < -0.3 is 14.4 Å². The fourth-order valence-electron chi connectivity index (χ4n) is 1.21. The molecule has 0 unspecified atom stereocenters. The minimum absolute atomic E-state index is 0.119. The van der Waals surface area contributed by atoms with E-state index in [1.807, 2.05) is 0 Å². The number of aromatic nitrogens is 2. The first-order valence-corrected chi connectivity index (χ1v) is 5.32. The van der Waals surface area contributed by atoms with E-state index in [0.29, 0.717) is 15.8 Å². The van der Waals surface area contributed by atoms with Gasteiger partial charge in [0.05, 0.1) is 12.7 Å². The van der Waals surface area contributed by atoms with Gasteiger partial charge in [-0.3, -0.25) is 0 Å². The van der Waals surface area contributed by atoms with Crippen LogP contribution in [0.3, 0.4) is 0 Å². The maximum absolute atomic E-state index is 10.6. The minimum Gasteiger partial charge on any atom is -0.497 e. The monoisotopic (exact) mass is 298 g/mol. The predicted molar refractivity (Wildman–Crippen MR) is 60.9 cm³/mol. The Hall–Kier alpha value is -1.89.